The molecule has 0 spiro atoms. The average molecular weight is 283 g/mol. The fraction of sp³-hybridized carbons (Fsp3) is 0.714. The van der Waals surface area contributed by atoms with Gasteiger partial charge in [0.2, 0.25) is 0 Å². The Morgan fingerprint density at radius 3 is 2.55 bits per heavy atom. The van der Waals surface area contributed by atoms with Crippen molar-refractivity contribution in [3.8, 4) is 0 Å². The summed E-state index contributed by atoms with van der Waals surface area (Å²) in [6.07, 6.45) is 1.91. The minimum Gasteiger partial charge on any atom is -0.388 e. The SMILES string of the molecule is CCN(C)C(CC)(CC)CNC(=O)c1cc(CO)on1. The standard InChI is InChI=1S/C14H25N3O3/c1-5-14(6-2,17(4)7-3)10-15-13(19)12-8-11(9-18)20-16-12/h8,18H,5-7,9-10H2,1-4H3,(H,15,19). The van der Waals surface area contributed by atoms with E-state index in [1.54, 1.807) is 0 Å². The molecule has 0 aromatic carbocycles. The summed E-state index contributed by atoms with van der Waals surface area (Å²) in [5.41, 5.74) is 0.155. The van der Waals surface area contributed by atoms with Crippen LogP contribution in [0, 0.1) is 0 Å². The monoisotopic (exact) mass is 283 g/mol. The number of carbonyl (C=O) groups is 1. The normalized spacial score (nSPS) is 11.9. The highest BCUT2D eigenvalue weighted by Gasteiger charge is 2.30. The number of rotatable bonds is 8. The molecule has 0 atom stereocenters. The van der Waals surface area contributed by atoms with Gasteiger partial charge in [-0.3, -0.25) is 9.69 Å². The number of nitrogens with one attached hydrogen (secondary N) is 1. The van der Waals surface area contributed by atoms with Crippen molar-refractivity contribution >= 4 is 5.91 Å². The number of aliphatic hydroxyl groups is 1. The molecular weight excluding hydrogens is 258 g/mol. The highest BCUT2D eigenvalue weighted by atomic mass is 16.5. The van der Waals surface area contributed by atoms with Crippen LogP contribution in [0.15, 0.2) is 10.6 Å². The molecule has 0 unspecified atom stereocenters. The van der Waals surface area contributed by atoms with Crippen molar-refractivity contribution in [3.05, 3.63) is 17.5 Å². The summed E-state index contributed by atoms with van der Waals surface area (Å²) in [6, 6.07) is 1.46. The summed E-state index contributed by atoms with van der Waals surface area (Å²) >= 11 is 0. The second kappa shape index (κ2) is 7.40. The van der Waals surface area contributed by atoms with Crippen LogP contribution in [0.4, 0.5) is 0 Å². The van der Waals surface area contributed by atoms with E-state index in [0.29, 0.717) is 6.54 Å². The number of hydrogen-bond acceptors (Lipinski definition) is 5. The van der Waals surface area contributed by atoms with Crippen LogP contribution in [0.25, 0.3) is 0 Å². The maximum atomic E-state index is 12.0. The third kappa shape index (κ3) is 3.58. The number of nitrogens with zero attached hydrogens (tertiary/aromatic N) is 2. The Balaban J connectivity index is 2.70. The molecule has 1 aromatic rings. The van der Waals surface area contributed by atoms with Crippen LogP contribution in [0.3, 0.4) is 0 Å². The topological polar surface area (TPSA) is 78.6 Å². The Hall–Kier alpha value is -1.40. The first kappa shape index (κ1) is 16.7. The van der Waals surface area contributed by atoms with Crippen LogP contribution in [0.5, 0.6) is 0 Å². The molecule has 0 saturated carbocycles. The molecule has 0 aliphatic heterocycles. The second-order valence-corrected chi connectivity index (χ2v) is 4.96. The number of hydrogen-bond donors (Lipinski definition) is 2. The first-order valence-electron chi connectivity index (χ1n) is 7.08. The Bertz CT molecular complexity index is 427. The van der Waals surface area contributed by atoms with Crippen molar-refractivity contribution in [1.82, 2.24) is 15.4 Å². The third-order valence-electron chi connectivity index (χ3n) is 4.13. The molecule has 1 heterocycles. The van der Waals surface area contributed by atoms with Gasteiger partial charge in [-0.15, -0.1) is 0 Å². The van der Waals surface area contributed by atoms with Gasteiger partial charge >= 0.3 is 0 Å². The van der Waals surface area contributed by atoms with Crippen LogP contribution in [0.2, 0.25) is 0 Å². The average Bonchev–Trinajstić information content (AvgIpc) is 2.97. The molecule has 1 aromatic heterocycles. The van der Waals surface area contributed by atoms with Gasteiger partial charge in [-0.1, -0.05) is 25.9 Å². The minimum absolute atomic E-state index is 0.0477. The lowest BCUT2D eigenvalue weighted by Gasteiger charge is -2.40. The van der Waals surface area contributed by atoms with Crippen LogP contribution >= 0.6 is 0 Å². The molecule has 6 heteroatoms. The van der Waals surface area contributed by atoms with Crippen molar-refractivity contribution in [1.29, 1.82) is 0 Å². The van der Waals surface area contributed by atoms with Gasteiger partial charge in [-0.05, 0) is 26.4 Å². The van der Waals surface area contributed by atoms with Crippen LogP contribution in [0.1, 0.15) is 49.9 Å². The molecule has 0 bridgehead atoms. The summed E-state index contributed by atoms with van der Waals surface area (Å²) in [5.74, 6) is 0.0160. The minimum atomic E-state index is -0.274. The van der Waals surface area contributed by atoms with Crippen molar-refractivity contribution in [2.45, 2.75) is 45.8 Å². The zero-order chi connectivity index (χ0) is 15.2. The van der Waals surface area contributed by atoms with Gasteiger partial charge < -0.3 is 14.9 Å². The molecule has 6 nitrogen and oxygen atoms in total. The van der Waals surface area contributed by atoms with E-state index in [1.807, 2.05) is 0 Å². The number of likely N-dealkylation sites (N-methyl/N-ethyl adjacent to an activating group) is 1. The van der Waals surface area contributed by atoms with Gasteiger partial charge in [0.25, 0.3) is 5.91 Å². The highest BCUT2D eigenvalue weighted by Crippen LogP contribution is 2.21. The maximum absolute atomic E-state index is 12.0. The predicted octanol–water partition coefficient (Wildman–Crippen LogP) is 1.41. The number of aliphatic hydroxyl groups excluding tert-OH is 1. The van der Waals surface area contributed by atoms with Gasteiger partial charge in [0.05, 0.1) is 0 Å². The molecular formula is C14H25N3O3. The molecule has 0 aliphatic rings. The maximum Gasteiger partial charge on any atom is 0.273 e. The zero-order valence-corrected chi connectivity index (χ0v) is 12.8. The van der Waals surface area contributed by atoms with Crippen molar-refractivity contribution in [3.63, 3.8) is 0 Å². The van der Waals surface area contributed by atoms with Crippen molar-refractivity contribution < 1.29 is 14.4 Å². The van der Waals surface area contributed by atoms with Crippen LogP contribution in [-0.4, -0.2) is 46.7 Å². The fourth-order valence-corrected chi connectivity index (χ4v) is 2.34. The van der Waals surface area contributed by atoms with E-state index < -0.39 is 0 Å². The van der Waals surface area contributed by atoms with E-state index in [1.165, 1.54) is 6.07 Å². The molecule has 1 rings (SSSR count). The van der Waals surface area contributed by atoms with E-state index >= 15 is 0 Å². The van der Waals surface area contributed by atoms with E-state index in [0.717, 1.165) is 19.4 Å². The van der Waals surface area contributed by atoms with E-state index in [2.05, 4.69) is 43.2 Å². The van der Waals surface area contributed by atoms with E-state index in [4.69, 9.17) is 9.63 Å². The number of aromatic nitrogens is 1. The largest absolute Gasteiger partial charge is 0.388 e. The van der Waals surface area contributed by atoms with E-state index in [-0.39, 0.29) is 29.5 Å². The summed E-state index contributed by atoms with van der Waals surface area (Å²) in [5, 5.41) is 15.5. The van der Waals surface area contributed by atoms with Gasteiger partial charge in [0.1, 0.15) is 6.61 Å². The molecule has 0 saturated heterocycles. The third-order valence-corrected chi connectivity index (χ3v) is 4.13. The lowest BCUT2D eigenvalue weighted by atomic mass is 9.90. The smallest absolute Gasteiger partial charge is 0.273 e. The molecule has 2 N–H and O–H groups in total. The number of carbonyl (C=O) groups excluding carboxylic acids is 1. The van der Waals surface area contributed by atoms with E-state index in [9.17, 15) is 4.79 Å². The molecule has 20 heavy (non-hydrogen) atoms. The van der Waals surface area contributed by atoms with Gasteiger partial charge in [-0.2, -0.15) is 0 Å². The lowest BCUT2D eigenvalue weighted by molar-refractivity contribution is 0.0834. The molecule has 0 fully saturated rings. The summed E-state index contributed by atoms with van der Waals surface area (Å²) < 4.78 is 4.82. The lowest BCUT2D eigenvalue weighted by Crippen LogP contribution is -2.53. The molecule has 0 radical (unpaired) electrons. The zero-order valence-electron chi connectivity index (χ0n) is 12.8. The second-order valence-electron chi connectivity index (χ2n) is 4.96. The summed E-state index contributed by atoms with van der Waals surface area (Å²) in [4.78, 5) is 14.3. The summed E-state index contributed by atoms with van der Waals surface area (Å²) in [6.45, 7) is 7.59. The molecule has 0 aliphatic carbocycles. The fourth-order valence-electron chi connectivity index (χ4n) is 2.34. The Kier molecular flexibility index (Phi) is 6.16. The van der Waals surface area contributed by atoms with Gasteiger partial charge in [-0.25, -0.2) is 0 Å². The first-order valence-corrected chi connectivity index (χ1v) is 7.08. The van der Waals surface area contributed by atoms with Gasteiger partial charge in [0.15, 0.2) is 11.5 Å². The van der Waals surface area contributed by atoms with Crippen molar-refractivity contribution in [2.24, 2.45) is 0 Å². The molecule has 1 amide bonds. The summed E-state index contributed by atoms with van der Waals surface area (Å²) in [7, 11) is 2.07. The van der Waals surface area contributed by atoms with Crippen LogP contribution < -0.4 is 5.32 Å². The predicted molar refractivity (Wildman–Crippen MR) is 76.4 cm³/mol. The van der Waals surface area contributed by atoms with Gasteiger partial charge in [0, 0.05) is 18.2 Å². The number of amides is 1. The first-order chi connectivity index (χ1) is 9.52. The highest BCUT2D eigenvalue weighted by molar-refractivity contribution is 5.92. The van der Waals surface area contributed by atoms with Crippen LogP contribution in [-0.2, 0) is 6.61 Å². The molecule has 114 valence electrons. The quantitative estimate of drug-likeness (QED) is 0.754. The Labute approximate surface area is 120 Å². The van der Waals surface area contributed by atoms with Crippen molar-refractivity contribution in [2.75, 3.05) is 20.1 Å². The Morgan fingerprint density at radius 1 is 1.45 bits per heavy atom. The Morgan fingerprint density at radius 2 is 2.10 bits per heavy atom.